The van der Waals surface area contributed by atoms with Gasteiger partial charge < -0.3 is 10.1 Å². The van der Waals surface area contributed by atoms with Crippen molar-refractivity contribution in [1.82, 2.24) is 9.88 Å². The third-order valence-electron chi connectivity index (χ3n) is 5.24. The number of carbonyl (C=O) groups is 3. The van der Waals surface area contributed by atoms with Gasteiger partial charge in [-0.3, -0.25) is 19.0 Å². The molecule has 2 aromatic rings. The lowest BCUT2D eigenvalue weighted by atomic mass is 9.92. The molecular weight excluding hydrogens is 368 g/mol. The van der Waals surface area contributed by atoms with E-state index in [1.165, 1.54) is 4.57 Å². The summed E-state index contributed by atoms with van der Waals surface area (Å²) in [5, 5.41) is 2.80. The van der Waals surface area contributed by atoms with Gasteiger partial charge in [0.1, 0.15) is 12.6 Å². The van der Waals surface area contributed by atoms with Crippen LogP contribution in [0.2, 0.25) is 0 Å². The summed E-state index contributed by atoms with van der Waals surface area (Å²) in [5.74, 6) is -0.784. The predicted octanol–water partition coefficient (Wildman–Crippen LogP) is 3.32. The van der Waals surface area contributed by atoms with E-state index in [2.05, 4.69) is 5.32 Å². The first-order valence-electron chi connectivity index (χ1n) is 10.1. The maximum atomic E-state index is 12.8. The van der Waals surface area contributed by atoms with Gasteiger partial charge in [-0.15, -0.1) is 0 Å². The van der Waals surface area contributed by atoms with E-state index in [9.17, 15) is 14.4 Å². The predicted molar refractivity (Wildman–Crippen MR) is 110 cm³/mol. The molecule has 3 rings (SSSR count). The lowest BCUT2D eigenvalue weighted by Gasteiger charge is -2.21. The van der Waals surface area contributed by atoms with Crippen LogP contribution in [-0.4, -0.2) is 40.9 Å². The summed E-state index contributed by atoms with van der Waals surface area (Å²) in [6.45, 7) is 5.82. The van der Waals surface area contributed by atoms with Crippen molar-refractivity contribution in [1.29, 1.82) is 0 Å². The van der Waals surface area contributed by atoms with Crippen molar-refractivity contribution in [2.45, 2.75) is 45.8 Å². The second kappa shape index (κ2) is 9.18. The summed E-state index contributed by atoms with van der Waals surface area (Å²) in [7, 11) is 0. The highest BCUT2D eigenvalue weighted by Gasteiger charge is 2.35. The zero-order valence-electron chi connectivity index (χ0n) is 17.1. The molecule has 1 aromatic carbocycles. The van der Waals surface area contributed by atoms with Crippen LogP contribution in [0.4, 0.5) is 0 Å². The summed E-state index contributed by atoms with van der Waals surface area (Å²) in [6.07, 6.45) is 3.83. The van der Waals surface area contributed by atoms with Crippen molar-refractivity contribution in [2.75, 3.05) is 6.61 Å². The van der Waals surface area contributed by atoms with Crippen LogP contribution in [0.25, 0.3) is 11.1 Å². The topological polar surface area (TPSA) is 77.4 Å². The first-order chi connectivity index (χ1) is 13.8. The molecule has 0 aliphatic carbocycles. The van der Waals surface area contributed by atoms with Gasteiger partial charge in [-0.1, -0.05) is 44.2 Å². The Labute approximate surface area is 171 Å². The van der Waals surface area contributed by atoms with Gasteiger partial charge >= 0.3 is 0 Å². The van der Waals surface area contributed by atoms with E-state index in [1.807, 2.05) is 50.2 Å². The maximum absolute atomic E-state index is 12.8. The Kier molecular flexibility index (Phi) is 6.64. The Morgan fingerprint density at radius 3 is 2.52 bits per heavy atom. The van der Waals surface area contributed by atoms with Crippen LogP contribution in [0.15, 0.2) is 48.8 Å². The van der Waals surface area contributed by atoms with Crippen LogP contribution < -0.4 is 5.32 Å². The van der Waals surface area contributed by atoms with Crippen LogP contribution in [0.3, 0.4) is 0 Å². The number of nitrogens with zero attached hydrogens (tertiary/aromatic N) is 1. The standard InChI is InChI=1S/C23H28N2O4/c1-15(2)11-19(23(28)24-22-16(3)29-14-20(22)26)12-21(27)25-10-9-18(13-25)17-7-5-4-6-8-17/h4-10,13,15-16,19,22H,11-12,14H2,1-3H3,(H,24,28)/t16-,19-,22+/m1/s1. The molecule has 0 radical (unpaired) electrons. The van der Waals surface area contributed by atoms with Gasteiger partial charge in [0.25, 0.3) is 0 Å². The van der Waals surface area contributed by atoms with Crippen molar-refractivity contribution in [3.63, 3.8) is 0 Å². The number of benzene rings is 1. The van der Waals surface area contributed by atoms with E-state index >= 15 is 0 Å². The fourth-order valence-electron chi connectivity index (χ4n) is 3.65. The zero-order chi connectivity index (χ0) is 21.0. The minimum atomic E-state index is -0.636. The van der Waals surface area contributed by atoms with Crippen LogP contribution in [0.5, 0.6) is 0 Å². The molecule has 6 nitrogen and oxygen atoms in total. The van der Waals surface area contributed by atoms with Crippen LogP contribution in [-0.2, 0) is 14.3 Å². The number of aromatic nitrogens is 1. The number of carbonyl (C=O) groups excluding carboxylic acids is 3. The van der Waals surface area contributed by atoms with E-state index in [0.717, 1.165) is 11.1 Å². The number of hydrogen-bond acceptors (Lipinski definition) is 4. The quantitative estimate of drug-likeness (QED) is 0.779. The van der Waals surface area contributed by atoms with Gasteiger partial charge in [-0.25, -0.2) is 0 Å². The number of nitrogens with one attached hydrogen (secondary N) is 1. The molecule has 3 atom stereocenters. The number of rotatable bonds is 7. The third-order valence-corrected chi connectivity index (χ3v) is 5.24. The lowest BCUT2D eigenvalue weighted by Crippen LogP contribution is -2.46. The fourth-order valence-corrected chi connectivity index (χ4v) is 3.65. The van der Waals surface area contributed by atoms with Gasteiger partial charge in [0.2, 0.25) is 11.8 Å². The first-order valence-corrected chi connectivity index (χ1v) is 10.1. The van der Waals surface area contributed by atoms with Crippen molar-refractivity contribution in [3.8, 4) is 11.1 Å². The van der Waals surface area contributed by atoms with Gasteiger partial charge in [0.15, 0.2) is 5.78 Å². The normalized spacial score (nSPS) is 20.1. The second-order valence-corrected chi connectivity index (χ2v) is 8.07. The van der Waals surface area contributed by atoms with Crippen molar-refractivity contribution < 1.29 is 19.1 Å². The number of hydrogen-bond donors (Lipinski definition) is 1. The van der Waals surface area contributed by atoms with Crippen molar-refractivity contribution in [3.05, 3.63) is 48.8 Å². The molecule has 29 heavy (non-hydrogen) atoms. The van der Waals surface area contributed by atoms with Crippen molar-refractivity contribution >= 4 is 17.6 Å². The third kappa shape index (κ3) is 5.21. The summed E-state index contributed by atoms with van der Waals surface area (Å²) < 4.78 is 6.84. The van der Waals surface area contributed by atoms with Gasteiger partial charge in [-0.05, 0) is 36.5 Å². The molecule has 1 fully saturated rings. The lowest BCUT2D eigenvalue weighted by molar-refractivity contribution is -0.129. The van der Waals surface area contributed by atoms with E-state index in [0.29, 0.717) is 6.42 Å². The maximum Gasteiger partial charge on any atom is 0.231 e. The molecule has 1 aliphatic heterocycles. The van der Waals surface area contributed by atoms with E-state index in [1.54, 1.807) is 19.3 Å². The smallest absolute Gasteiger partial charge is 0.231 e. The zero-order valence-corrected chi connectivity index (χ0v) is 17.1. The number of ether oxygens (including phenoxy) is 1. The molecule has 0 saturated carbocycles. The Bertz CT molecular complexity index is 872. The van der Waals surface area contributed by atoms with Crippen molar-refractivity contribution in [2.24, 2.45) is 11.8 Å². The molecule has 1 aromatic heterocycles. The summed E-state index contributed by atoms with van der Waals surface area (Å²) in [4.78, 5) is 37.6. The van der Waals surface area contributed by atoms with Crippen LogP contribution in [0.1, 0.15) is 38.4 Å². The Morgan fingerprint density at radius 2 is 1.90 bits per heavy atom. The molecule has 1 saturated heterocycles. The van der Waals surface area contributed by atoms with Crippen LogP contribution in [0, 0.1) is 11.8 Å². The number of ketones is 1. The minimum Gasteiger partial charge on any atom is -0.368 e. The highest BCUT2D eigenvalue weighted by atomic mass is 16.5. The van der Waals surface area contributed by atoms with E-state index < -0.39 is 12.0 Å². The molecule has 2 heterocycles. The molecule has 6 heteroatoms. The van der Waals surface area contributed by atoms with Gasteiger partial charge in [-0.2, -0.15) is 0 Å². The van der Waals surface area contributed by atoms with E-state index in [4.69, 9.17) is 4.74 Å². The largest absolute Gasteiger partial charge is 0.368 e. The molecule has 1 amide bonds. The van der Waals surface area contributed by atoms with Gasteiger partial charge in [0, 0.05) is 24.7 Å². The SMILES string of the molecule is CC(C)C[C@H](CC(=O)n1ccc(-c2ccccc2)c1)C(=O)N[C@@H]1C(=O)CO[C@@H]1C. The van der Waals surface area contributed by atoms with Gasteiger partial charge in [0.05, 0.1) is 6.10 Å². The minimum absolute atomic E-state index is 0.0194. The average molecular weight is 396 g/mol. The molecular formula is C23H28N2O4. The highest BCUT2D eigenvalue weighted by molar-refractivity contribution is 5.93. The molecule has 0 unspecified atom stereocenters. The Balaban J connectivity index is 1.69. The summed E-state index contributed by atoms with van der Waals surface area (Å²) in [6, 6.07) is 11.1. The number of amides is 1. The monoisotopic (exact) mass is 396 g/mol. The van der Waals surface area contributed by atoms with E-state index in [-0.39, 0.29) is 42.6 Å². The fraction of sp³-hybridized carbons (Fsp3) is 0.435. The highest BCUT2D eigenvalue weighted by Crippen LogP contribution is 2.22. The van der Waals surface area contributed by atoms with Crippen LogP contribution >= 0.6 is 0 Å². The average Bonchev–Trinajstić information content (AvgIpc) is 3.30. The molecule has 0 spiro atoms. The molecule has 154 valence electrons. The number of Topliss-reactive ketones (excluding diaryl/α,β-unsaturated/α-hetero) is 1. The summed E-state index contributed by atoms with van der Waals surface area (Å²) >= 11 is 0. The molecule has 1 N–H and O–H groups in total. The molecule has 0 bridgehead atoms. The first kappa shape index (κ1) is 21.0. The second-order valence-electron chi connectivity index (χ2n) is 8.07. The Morgan fingerprint density at radius 1 is 1.17 bits per heavy atom. The molecule has 1 aliphatic rings. The summed E-state index contributed by atoms with van der Waals surface area (Å²) in [5.41, 5.74) is 1.98. The Hall–Kier alpha value is -2.73.